The number of nitrogens with zero attached hydrogens (tertiary/aromatic N) is 2. The van der Waals surface area contributed by atoms with Crippen molar-refractivity contribution in [2.75, 3.05) is 19.0 Å². The van der Waals surface area contributed by atoms with E-state index in [1.807, 2.05) is 0 Å². The number of halogens is 1. The molecule has 104 valence electrons. The van der Waals surface area contributed by atoms with Crippen LogP contribution in [-0.4, -0.2) is 30.2 Å². The van der Waals surface area contributed by atoms with E-state index < -0.39 is 5.97 Å². The van der Waals surface area contributed by atoms with Crippen molar-refractivity contribution in [2.45, 2.75) is 6.92 Å². The molecule has 0 saturated carbocycles. The number of pyridine rings is 1. The van der Waals surface area contributed by atoms with Crippen LogP contribution in [0, 0.1) is 12.7 Å². The Hall–Kier alpha value is -2.43. The summed E-state index contributed by atoms with van der Waals surface area (Å²) >= 11 is 0. The van der Waals surface area contributed by atoms with Gasteiger partial charge in [-0.1, -0.05) is 12.1 Å². The van der Waals surface area contributed by atoms with E-state index in [0.717, 1.165) is 0 Å². The molecular weight excluding hydrogens is 259 g/mol. The van der Waals surface area contributed by atoms with Crippen molar-refractivity contribution in [3.63, 3.8) is 0 Å². The van der Waals surface area contributed by atoms with Crippen LogP contribution in [0.25, 0.3) is 11.1 Å². The summed E-state index contributed by atoms with van der Waals surface area (Å²) in [6.45, 7) is 1.80. The molecular formula is C15H15FN2O2. The molecule has 0 atom stereocenters. The number of aromatic nitrogens is 1. The van der Waals surface area contributed by atoms with E-state index >= 15 is 0 Å². The molecule has 20 heavy (non-hydrogen) atoms. The van der Waals surface area contributed by atoms with Gasteiger partial charge in [0.15, 0.2) is 0 Å². The van der Waals surface area contributed by atoms with Gasteiger partial charge in [-0.05, 0) is 30.7 Å². The monoisotopic (exact) mass is 274 g/mol. The smallest absolute Gasteiger partial charge is 0.340 e. The SMILES string of the molecule is Cc1cc(-c2ccc(F)cc2)c(C(=O)O)c(N(C)C)n1. The van der Waals surface area contributed by atoms with E-state index in [4.69, 9.17) is 0 Å². The van der Waals surface area contributed by atoms with Crippen LogP contribution in [-0.2, 0) is 0 Å². The van der Waals surface area contributed by atoms with Gasteiger partial charge >= 0.3 is 5.97 Å². The van der Waals surface area contributed by atoms with E-state index in [1.54, 1.807) is 44.1 Å². The highest BCUT2D eigenvalue weighted by Gasteiger charge is 2.20. The molecule has 0 bridgehead atoms. The Bertz CT molecular complexity index is 652. The van der Waals surface area contributed by atoms with Gasteiger partial charge in [-0.2, -0.15) is 0 Å². The largest absolute Gasteiger partial charge is 0.478 e. The van der Waals surface area contributed by atoms with E-state index in [9.17, 15) is 14.3 Å². The van der Waals surface area contributed by atoms with E-state index in [2.05, 4.69) is 4.98 Å². The number of carbonyl (C=O) groups is 1. The molecule has 0 saturated heterocycles. The molecule has 0 fully saturated rings. The Morgan fingerprint density at radius 1 is 1.25 bits per heavy atom. The van der Waals surface area contributed by atoms with Gasteiger partial charge in [0, 0.05) is 25.4 Å². The summed E-state index contributed by atoms with van der Waals surface area (Å²) in [5, 5.41) is 9.46. The van der Waals surface area contributed by atoms with Crippen LogP contribution < -0.4 is 4.90 Å². The molecule has 1 N–H and O–H groups in total. The maximum absolute atomic E-state index is 13.0. The Morgan fingerprint density at radius 2 is 1.85 bits per heavy atom. The molecule has 1 aromatic heterocycles. The molecule has 1 aromatic carbocycles. The summed E-state index contributed by atoms with van der Waals surface area (Å²) in [5.74, 6) is -1.03. The molecule has 2 rings (SSSR count). The lowest BCUT2D eigenvalue weighted by Crippen LogP contribution is -2.17. The van der Waals surface area contributed by atoms with Gasteiger partial charge in [0.1, 0.15) is 17.2 Å². The number of benzene rings is 1. The molecule has 2 aromatic rings. The lowest BCUT2D eigenvalue weighted by Gasteiger charge is -2.18. The second kappa shape index (κ2) is 5.28. The third kappa shape index (κ3) is 2.61. The van der Waals surface area contributed by atoms with Gasteiger partial charge in [0.2, 0.25) is 0 Å². The lowest BCUT2D eigenvalue weighted by atomic mass is 9.99. The van der Waals surface area contributed by atoms with Crippen LogP contribution in [0.2, 0.25) is 0 Å². The van der Waals surface area contributed by atoms with Crippen molar-refractivity contribution in [1.82, 2.24) is 4.98 Å². The first kappa shape index (κ1) is 14.0. The zero-order valence-corrected chi connectivity index (χ0v) is 11.5. The van der Waals surface area contributed by atoms with Crippen molar-refractivity contribution in [1.29, 1.82) is 0 Å². The molecule has 0 radical (unpaired) electrons. The highest BCUT2D eigenvalue weighted by atomic mass is 19.1. The minimum Gasteiger partial charge on any atom is -0.478 e. The fourth-order valence-corrected chi connectivity index (χ4v) is 2.05. The summed E-state index contributed by atoms with van der Waals surface area (Å²) in [7, 11) is 3.48. The molecule has 4 nitrogen and oxygen atoms in total. The van der Waals surface area contributed by atoms with Crippen molar-refractivity contribution in [3.05, 3.63) is 47.4 Å². The molecule has 5 heteroatoms. The standard InChI is InChI=1S/C15H15FN2O2/c1-9-8-12(10-4-6-11(16)7-5-10)13(15(19)20)14(17-9)18(2)3/h4-8H,1-3H3,(H,19,20). The zero-order chi connectivity index (χ0) is 14.9. The maximum Gasteiger partial charge on any atom is 0.340 e. The van der Waals surface area contributed by atoms with Crippen molar-refractivity contribution in [2.24, 2.45) is 0 Å². The van der Waals surface area contributed by atoms with Gasteiger partial charge in [-0.25, -0.2) is 14.2 Å². The average Bonchev–Trinajstić information content (AvgIpc) is 2.38. The minimum absolute atomic E-state index is 0.118. The normalized spacial score (nSPS) is 10.4. The van der Waals surface area contributed by atoms with Crippen LogP contribution in [0.4, 0.5) is 10.2 Å². The summed E-state index contributed by atoms with van der Waals surface area (Å²) in [6.07, 6.45) is 0. The number of rotatable bonds is 3. The Balaban J connectivity index is 2.74. The van der Waals surface area contributed by atoms with Crippen molar-refractivity contribution in [3.8, 4) is 11.1 Å². The molecule has 0 aliphatic rings. The molecule has 0 unspecified atom stereocenters. The molecule has 0 spiro atoms. The predicted octanol–water partition coefficient (Wildman–Crippen LogP) is 2.96. The number of aromatic carboxylic acids is 1. The Morgan fingerprint density at radius 3 is 2.35 bits per heavy atom. The van der Waals surface area contributed by atoms with Crippen LogP contribution in [0.15, 0.2) is 30.3 Å². The average molecular weight is 274 g/mol. The van der Waals surface area contributed by atoms with Gasteiger partial charge in [-0.3, -0.25) is 0 Å². The summed E-state index contributed by atoms with van der Waals surface area (Å²) in [4.78, 5) is 17.5. The van der Waals surface area contributed by atoms with Crippen LogP contribution in [0.5, 0.6) is 0 Å². The lowest BCUT2D eigenvalue weighted by molar-refractivity contribution is 0.0698. The Kier molecular flexibility index (Phi) is 3.70. The molecule has 0 aliphatic carbocycles. The van der Waals surface area contributed by atoms with Gasteiger partial charge in [0.25, 0.3) is 0 Å². The number of carboxylic acids is 1. The summed E-state index contributed by atoms with van der Waals surface area (Å²) < 4.78 is 13.0. The Labute approximate surface area is 116 Å². The predicted molar refractivity (Wildman–Crippen MR) is 75.7 cm³/mol. The van der Waals surface area contributed by atoms with E-state index in [-0.39, 0.29) is 11.4 Å². The maximum atomic E-state index is 13.0. The number of carboxylic acid groups (broad SMARTS) is 1. The van der Waals surface area contributed by atoms with Crippen LogP contribution >= 0.6 is 0 Å². The third-order valence-corrected chi connectivity index (χ3v) is 2.92. The molecule has 0 amide bonds. The fraction of sp³-hybridized carbons (Fsp3) is 0.200. The van der Waals surface area contributed by atoms with Crippen molar-refractivity contribution < 1.29 is 14.3 Å². The first-order valence-corrected chi connectivity index (χ1v) is 6.08. The van der Waals surface area contributed by atoms with Gasteiger partial charge in [-0.15, -0.1) is 0 Å². The van der Waals surface area contributed by atoms with Crippen LogP contribution in [0.3, 0.4) is 0 Å². The minimum atomic E-state index is -1.06. The molecule has 1 heterocycles. The number of hydrogen-bond donors (Lipinski definition) is 1. The topological polar surface area (TPSA) is 53.4 Å². The zero-order valence-electron chi connectivity index (χ0n) is 11.5. The second-order valence-electron chi connectivity index (χ2n) is 4.72. The highest BCUT2D eigenvalue weighted by molar-refractivity contribution is 6.01. The second-order valence-corrected chi connectivity index (χ2v) is 4.72. The number of anilines is 1. The number of aryl methyl sites for hydroxylation is 1. The van der Waals surface area contributed by atoms with Crippen LogP contribution in [0.1, 0.15) is 16.1 Å². The van der Waals surface area contributed by atoms with Gasteiger partial charge < -0.3 is 10.0 Å². The highest BCUT2D eigenvalue weighted by Crippen LogP contribution is 2.30. The summed E-state index contributed by atoms with van der Waals surface area (Å²) in [5.41, 5.74) is 2.01. The van der Waals surface area contributed by atoms with E-state index in [1.165, 1.54) is 12.1 Å². The van der Waals surface area contributed by atoms with E-state index in [0.29, 0.717) is 22.6 Å². The first-order chi connectivity index (χ1) is 9.40. The third-order valence-electron chi connectivity index (χ3n) is 2.92. The quantitative estimate of drug-likeness (QED) is 0.935. The fourth-order valence-electron chi connectivity index (χ4n) is 2.05. The first-order valence-electron chi connectivity index (χ1n) is 6.08. The summed E-state index contributed by atoms with van der Waals surface area (Å²) in [6, 6.07) is 7.45. The molecule has 0 aliphatic heterocycles. The number of hydrogen-bond acceptors (Lipinski definition) is 3. The van der Waals surface area contributed by atoms with Crippen molar-refractivity contribution >= 4 is 11.8 Å². The van der Waals surface area contributed by atoms with Gasteiger partial charge in [0.05, 0.1) is 0 Å².